The molecule has 4 aromatic heterocycles. The smallest absolute Gasteiger partial charge is 0.155 e. The normalized spacial score (nSPS) is 11.3. The molecule has 46 heavy (non-hydrogen) atoms. The van der Waals surface area contributed by atoms with Crippen LogP contribution in [0.1, 0.15) is 5.56 Å². The third-order valence-electron chi connectivity index (χ3n) is 7.94. The monoisotopic (exact) mass is 793 g/mol. The van der Waals surface area contributed by atoms with Crippen LogP contribution in [-0.2, 0) is 20.1 Å². The number of aryl methyl sites for hydroxylation is 1. The van der Waals surface area contributed by atoms with Crippen molar-refractivity contribution in [3.05, 3.63) is 139 Å². The molecule has 4 aromatic carbocycles. The van der Waals surface area contributed by atoms with Gasteiger partial charge < -0.3 is 14.0 Å². The predicted octanol–water partition coefficient (Wildman–Crippen LogP) is 9.19. The molecular weight excluding hydrogens is 761 g/mol. The number of rotatable bonds is 4. The van der Waals surface area contributed by atoms with Gasteiger partial charge in [0.2, 0.25) is 0 Å². The first kappa shape index (κ1) is 31.3. The largest absolute Gasteiger partial charge is 0.501 e. The molecule has 0 aliphatic heterocycles. The number of fused-ring (bicyclic) bond motifs is 4. The summed E-state index contributed by atoms with van der Waals surface area (Å²) in [6.07, 6.45) is 3.63. The Balaban J connectivity index is 0.000000241. The van der Waals surface area contributed by atoms with Crippen molar-refractivity contribution in [2.45, 2.75) is 26.6 Å². The minimum Gasteiger partial charge on any atom is -0.501 e. The zero-order chi connectivity index (χ0) is 31.0. The van der Waals surface area contributed by atoms with Crippen LogP contribution in [-0.4, -0.2) is 27.6 Å². The van der Waals surface area contributed by atoms with E-state index in [-0.39, 0.29) is 20.1 Å². The van der Waals surface area contributed by atoms with Crippen molar-refractivity contribution >= 4 is 46.4 Å². The first-order valence-corrected chi connectivity index (χ1v) is 18.5. The molecule has 7 heteroatoms. The molecule has 0 bridgehead atoms. The van der Waals surface area contributed by atoms with Gasteiger partial charge in [0.05, 0.1) is 25.0 Å². The second-order valence-electron chi connectivity index (χ2n) is 12.1. The summed E-state index contributed by atoms with van der Waals surface area (Å²) >= 11 is 0. The van der Waals surface area contributed by atoms with Gasteiger partial charge in [-0.1, -0.05) is 78.2 Å². The maximum absolute atomic E-state index is 6.51. The molecule has 0 fully saturated rings. The number of benzene rings is 4. The minimum atomic E-state index is -1.45. The standard InChI is InChI=1S/C28H24N3OSi.C11H8N.Ir/c1-18-15-16-29-28-25(18)30-27(31(28)19-9-6-5-7-10-19)23-12-8-11-22-21-14-13-20(33(2,3)4)17-24(21)32-26(22)23;1-2-6-10(7-3-1)11-8-4-5-9-12-11;/h5-11,13-17H,1-4H3;1-6,8-9H;/q2*-1;. The summed E-state index contributed by atoms with van der Waals surface area (Å²) in [6, 6.07) is 43.2. The number of imidazole rings is 1. The third-order valence-corrected chi connectivity index (χ3v) is 9.98. The molecule has 1 radical (unpaired) electrons. The summed E-state index contributed by atoms with van der Waals surface area (Å²) in [4.78, 5) is 14.0. The molecular formula is C39H32IrN4OSi-2. The SMILES string of the molecule is Cc1ccnc2c1nc(-c1[c-]ccc3c1oc1cc([Si](C)(C)C)ccc13)n2-c1ccccc1.[Ir].[c-]1ccccc1-c1ccccn1. The molecule has 8 aromatic rings. The van der Waals surface area contributed by atoms with Gasteiger partial charge in [-0.3, -0.25) is 4.98 Å². The van der Waals surface area contributed by atoms with Gasteiger partial charge in [0, 0.05) is 43.6 Å². The minimum absolute atomic E-state index is 0. The van der Waals surface area contributed by atoms with E-state index < -0.39 is 8.07 Å². The van der Waals surface area contributed by atoms with E-state index in [2.05, 4.69) is 89.6 Å². The van der Waals surface area contributed by atoms with E-state index in [4.69, 9.17) is 9.40 Å². The number of hydrogen-bond acceptors (Lipinski definition) is 4. The Kier molecular flexibility index (Phi) is 8.83. The van der Waals surface area contributed by atoms with Crippen LogP contribution in [0.25, 0.3) is 61.4 Å². The fourth-order valence-electron chi connectivity index (χ4n) is 5.53. The molecule has 0 aliphatic rings. The van der Waals surface area contributed by atoms with Crippen LogP contribution >= 0.6 is 0 Å². The Morgan fingerprint density at radius 2 is 1.54 bits per heavy atom. The average Bonchev–Trinajstić information content (AvgIpc) is 3.65. The second-order valence-corrected chi connectivity index (χ2v) is 17.1. The van der Waals surface area contributed by atoms with Gasteiger partial charge in [-0.05, 0) is 48.5 Å². The van der Waals surface area contributed by atoms with Crippen LogP contribution < -0.4 is 5.19 Å². The maximum atomic E-state index is 6.51. The fraction of sp³-hybridized carbons (Fsp3) is 0.103. The topological polar surface area (TPSA) is 56.7 Å². The van der Waals surface area contributed by atoms with Crippen LogP contribution in [0.4, 0.5) is 0 Å². The van der Waals surface area contributed by atoms with Gasteiger partial charge in [0.25, 0.3) is 0 Å². The Morgan fingerprint density at radius 1 is 0.739 bits per heavy atom. The van der Waals surface area contributed by atoms with Crippen molar-refractivity contribution < 1.29 is 24.5 Å². The summed E-state index contributed by atoms with van der Waals surface area (Å²) in [5, 5.41) is 3.59. The van der Waals surface area contributed by atoms with E-state index in [1.807, 2.05) is 79.0 Å². The van der Waals surface area contributed by atoms with Crippen molar-refractivity contribution in [3.8, 4) is 28.3 Å². The number of furan rings is 1. The van der Waals surface area contributed by atoms with Crippen molar-refractivity contribution in [3.63, 3.8) is 0 Å². The van der Waals surface area contributed by atoms with Gasteiger partial charge in [0.1, 0.15) is 5.58 Å². The van der Waals surface area contributed by atoms with Gasteiger partial charge in [-0.2, -0.15) is 0 Å². The number of pyridine rings is 2. The third kappa shape index (κ3) is 5.97. The van der Waals surface area contributed by atoms with E-state index in [9.17, 15) is 0 Å². The molecule has 0 unspecified atom stereocenters. The van der Waals surface area contributed by atoms with Crippen molar-refractivity contribution in [2.75, 3.05) is 0 Å². The van der Waals surface area contributed by atoms with Gasteiger partial charge in [-0.15, -0.1) is 54.1 Å². The molecule has 0 atom stereocenters. The van der Waals surface area contributed by atoms with E-state index in [0.29, 0.717) is 0 Å². The first-order valence-electron chi connectivity index (χ1n) is 15.0. The van der Waals surface area contributed by atoms with Crippen LogP contribution in [0.5, 0.6) is 0 Å². The Morgan fingerprint density at radius 3 is 2.28 bits per heavy atom. The average molecular weight is 793 g/mol. The number of para-hydroxylation sites is 1. The zero-order valence-corrected chi connectivity index (χ0v) is 29.5. The van der Waals surface area contributed by atoms with Crippen LogP contribution in [0, 0.1) is 19.1 Å². The summed E-state index contributed by atoms with van der Waals surface area (Å²) in [5.74, 6) is 0.785. The number of aromatic nitrogens is 4. The molecule has 0 N–H and O–H groups in total. The maximum Gasteiger partial charge on any atom is 0.155 e. The molecule has 8 rings (SSSR count). The van der Waals surface area contributed by atoms with E-state index in [1.165, 1.54) is 5.19 Å². The van der Waals surface area contributed by atoms with Crippen LogP contribution in [0.15, 0.2) is 126 Å². The summed E-state index contributed by atoms with van der Waals surface area (Å²) in [5.41, 5.74) is 8.41. The fourth-order valence-corrected chi connectivity index (χ4v) is 6.68. The van der Waals surface area contributed by atoms with Crippen LogP contribution in [0.2, 0.25) is 19.6 Å². The summed E-state index contributed by atoms with van der Waals surface area (Å²) in [7, 11) is -1.45. The van der Waals surface area contributed by atoms with Crippen molar-refractivity contribution in [2.24, 2.45) is 0 Å². The molecule has 4 heterocycles. The van der Waals surface area contributed by atoms with E-state index in [0.717, 1.165) is 67.0 Å². The van der Waals surface area contributed by atoms with Gasteiger partial charge >= 0.3 is 0 Å². The molecule has 0 saturated carbocycles. The molecule has 0 saturated heterocycles. The Labute approximate surface area is 283 Å². The molecule has 5 nitrogen and oxygen atoms in total. The number of nitrogens with zero attached hydrogens (tertiary/aromatic N) is 4. The zero-order valence-electron chi connectivity index (χ0n) is 26.1. The summed E-state index contributed by atoms with van der Waals surface area (Å²) < 4.78 is 8.61. The summed E-state index contributed by atoms with van der Waals surface area (Å²) in [6.45, 7) is 9.13. The first-order chi connectivity index (χ1) is 21.9. The molecule has 229 valence electrons. The van der Waals surface area contributed by atoms with Gasteiger partial charge in [-0.25, -0.2) is 4.98 Å². The molecule has 0 aliphatic carbocycles. The predicted molar refractivity (Wildman–Crippen MR) is 187 cm³/mol. The van der Waals surface area contributed by atoms with E-state index in [1.54, 1.807) is 6.20 Å². The second kappa shape index (κ2) is 13.0. The molecule has 0 spiro atoms. The van der Waals surface area contributed by atoms with Crippen LogP contribution in [0.3, 0.4) is 0 Å². The number of hydrogen-bond donors (Lipinski definition) is 0. The van der Waals surface area contributed by atoms with Crippen molar-refractivity contribution in [1.29, 1.82) is 0 Å². The van der Waals surface area contributed by atoms with E-state index >= 15 is 0 Å². The van der Waals surface area contributed by atoms with Gasteiger partial charge in [0.15, 0.2) is 5.65 Å². The Hall–Kier alpha value is -4.68. The quantitative estimate of drug-likeness (QED) is 0.132. The molecule has 0 amide bonds. The Bertz CT molecular complexity index is 2220. The van der Waals surface area contributed by atoms with Crippen molar-refractivity contribution in [1.82, 2.24) is 19.5 Å².